The molecular formula is C18H31N3O. The first kappa shape index (κ1) is 16.0. The minimum atomic E-state index is -0.406. The first-order valence-corrected chi connectivity index (χ1v) is 9.01. The van der Waals surface area contributed by atoms with Gasteiger partial charge in [0.25, 0.3) is 0 Å². The van der Waals surface area contributed by atoms with E-state index in [0.717, 1.165) is 43.6 Å². The minimum Gasteiger partial charge on any atom is -0.385 e. The van der Waals surface area contributed by atoms with Crippen LogP contribution in [0.3, 0.4) is 0 Å². The number of piperidine rings is 1. The molecule has 2 fully saturated rings. The van der Waals surface area contributed by atoms with Gasteiger partial charge in [0.2, 0.25) is 0 Å². The van der Waals surface area contributed by atoms with E-state index in [-0.39, 0.29) is 0 Å². The molecule has 1 N–H and O–H groups in total. The lowest BCUT2D eigenvalue weighted by molar-refractivity contribution is 0.0439. The summed E-state index contributed by atoms with van der Waals surface area (Å²) in [5.41, 5.74) is 0. The fraction of sp³-hybridized carbons (Fsp3) is 0.833. The molecule has 3 unspecified atom stereocenters. The standard InChI is InChI=1S/C18H31N3O/c1-14-4-3-5-15(12-14)13-21-9-6-16(7-10-21)17(22)18-19-8-11-20(18)2/h8,11,14-17,22H,3-7,9-10,12-13H2,1-2H3. The Kier molecular flexibility index (Phi) is 5.19. The smallest absolute Gasteiger partial charge is 0.137 e. The van der Waals surface area contributed by atoms with Crippen molar-refractivity contribution >= 4 is 0 Å². The van der Waals surface area contributed by atoms with Crippen LogP contribution < -0.4 is 0 Å². The Hall–Kier alpha value is -0.870. The molecule has 3 rings (SSSR count). The van der Waals surface area contributed by atoms with Crippen LogP contribution in [0.1, 0.15) is 57.4 Å². The number of aliphatic hydroxyl groups excluding tert-OH is 1. The van der Waals surface area contributed by atoms with Gasteiger partial charge in [-0.1, -0.05) is 19.8 Å². The van der Waals surface area contributed by atoms with E-state index in [1.165, 1.54) is 32.2 Å². The Bertz CT molecular complexity index is 465. The molecule has 0 aromatic carbocycles. The molecule has 4 nitrogen and oxygen atoms in total. The highest BCUT2D eigenvalue weighted by Gasteiger charge is 2.29. The highest BCUT2D eigenvalue weighted by atomic mass is 16.3. The van der Waals surface area contributed by atoms with Crippen molar-refractivity contribution in [1.29, 1.82) is 0 Å². The van der Waals surface area contributed by atoms with Crippen molar-refractivity contribution in [2.24, 2.45) is 24.8 Å². The van der Waals surface area contributed by atoms with Crippen molar-refractivity contribution in [3.05, 3.63) is 18.2 Å². The SMILES string of the molecule is CC1CCCC(CN2CCC(C(O)c3nccn3C)CC2)C1. The third kappa shape index (κ3) is 3.72. The van der Waals surface area contributed by atoms with Gasteiger partial charge in [0.1, 0.15) is 11.9 Å². The zero-order valence-corrected chi connectivity index (χ0v) is 14.1. The van der Waals surface area contributed by atoms with Crippen molar-refractivity contribution in [1.82, 2.24) is 14.5 Å². The van der Waals surface area contributed by atoms with Crippen LogP contribution in [0.4, 0.5) is 0 Å². The molecule has 2 aliphatic rings. The highest BCUT2D eigenvalue weighted by molar-refractivity contribution is 4.98. The molecule has 2 heterocycles. The van der Waals surface area contributed by atoms with E-state index in [4.69, 9.17) is 0 Å². The average molecular weight is 305 g/mol. The Labute approximate surface area is 134 Å². The molecule has 1 aliphatic carbocycles. The van der Waals surface area contributed by atoms with Gasteiger partial charge in [-0.25, -0.2) is 4.98 Å². The second-order valence-electron chi connectivity index (χ2n) is 7.62. The van der Waals surface area contributed by atoms with Gasteiger partial charge in [0, 0.05) is 26.0 Å². The number of hydrogen-bond acceptors (Lipinski definition) is 3. The average Bonchev–Trinajstić information content (AvgIpc) is 2.93. The van der Waals surface area contributed by atoms with E-state index in [2.05, 4.69) is 16.8 Å². The van der Waals surface area contributed by atoms with Crippen LogP contribution in [0.2, 0.25) is 0 Å². The maximum Gasteiger partial charge on any atom is 0.137 e. The van der Waals surface area contributed by atoms with E-state index in [1.54, 1.807) is 6.20 Å². The molecule has 4 heteroatoms. The van der Waals surface area contributed by atoms with Crippen LogP contribution >= 0.6 is 0 Å². The Balaban J connectivity index is 1.47. The molecular weight excluding hydrogens is 274 g/mol. The van der Waals surface area contributed by atoms with E-state index in [1.807, 2.05) is 17.8 Å². The summed E-state index contributed by atoms with van der Waals surface area (Å²) in [6, 6.07) is 0. The summed E-state index contributed by atoms with van der Waals surface area (Å²) in [6.07, 6.45) is 11.1. The van der Waals surface area contributed by atoms with Gasteiger partial charge < -0.3 is 14.6 Å². The Morgan fingerprint density at radius 3 is 2.68 bits per heavy atom. The summed E-state index contributed by atoms with van der Waals surface area (Å²) in [4.78, 5) is 6.94. The fourth-order valence-electron chi connectivity index (χ4n) is 4.41. The molecule has 0 bridgehead atoms. The monoisotopic (exact) mass is 305 g/mol. The minimum absolute atomic E-state index is 0.364. The second-order valence-corrected chi connectivity index (χ2v) is 7.62. The van der Waals surface area contributed by atoms with Crippen LogP contribution in [-0.4, -0.2) is 39.2 Å². The fourth-order valence-corrected chi connectivity index (χ4v) is 4.41. The van der Waals surface area contributed by atoms with Gasteiger partial charge in [0.15, 0.2) is 0 Å². The second kappa shape index (κ2) is 7.14. The molecule has 1 aliphatic heterocycles. The predicted octanol–water partition coefficient (Wildman–Crippen LogP) is 2.99. The van der Waals surface area contributed by atoms with Crippen molar-refractivity contribution in [2.45, 2.75) is 51.6 Å². The predicted molar refractivity (Wildman–Crippen MR) is 88.5 cm³/mol. The summed E-state index contributed by atoms with van der Waals surface area (Å²) in [5, 5.41) is 10.6. The first-order valence-electron chi connectivity index (χ1n) is 9.01. The number of hydrogen-bond donors (Lipinski definition) is 1. The van der Waals surface area contributed by atoms with Gasteiger partial charge in [-0.15, -0.1) is 0 Å². The Morgan fingerprint density at radius 1 is 1.27 bits per heavy atom. The van der Waals surface area contributed by atoms with Gasteiger partial charge in [-0.3, -0.25) is 0 Å². The third-order valence-corrected chi connectivity index (χ3v) is 5.76. The van der Waals surface area contributed by atoms with Crippen LogP contribution in [0.15, 0.2) is 12.4 Å². The molecule has 1 aromatic rings. The zero-order chi connectivity index (χ0) is 15.5. The van der Waals surface area contributed by atoms with Gasteiger partial charge in [-0.2, -0.15) is 0 Å². The summed E-state index contributed by atoms with van der Waals surface area (Å²) >= 11 is 0. The molecule has 1 saturated carbocycles. The van der Waals surface area contributed by atoms with E-state index < -0.39 is 6.10 Å². The lowest BCUT2D eigenvalue weighted by Crippen LogP contribution is -2.39. The van der Waals surface area contributed by atoms with Crippen LogP contribution in [0, 0.1) is 17.8 Å². The summed E-state index contributed by atoms with van der Waals surface area (Å²) in [7, 11) is 1.96. The lowest BCUT2D eigenvalue weighted by Gasteiger charge is -2.37. The highest BCUT2D eigenvalue weighted by Crippen LogP contribution is 2.32. The molecule has 3 atom stereocenters. The van der Waals surface area contributed by atoms with Crippen molar-refractivity contribution in [2.75, 3.05) is 19.6 Å². The van der Waals surface area contributed by atoms with Crippen molar-refractivity contribution < 1.29 is 5.11 Å². The van der Waals surface area contributed by atoms with Crippen LogP contribution in [-0.2, 0) is 7.05 Å². The molecule has 22 heavy (non-hydrogen) atoms. The van der Waals surface area contributed by atoms with Gasteiger partial charge in [0.05, 0.1) is 0 Å². The lowest BCUT2D eigenvalue weighted by atomic mass is 9.81. The molecule has 1 saturated heterocycles. The quantitative estimate of drug-likeness (QED) is 0.930. The Morgan fingerprint density at radius 2 is 2.05 bits per heavy atom. The number of aromatic nitrogens is 2. The maximum absolute atomic E-state index is 10.6. The van der Waals surface area contributed by atoms with E-state index in [0.29, 0.717) is 5.92 Å². The largest absolute Gasteiger partial charge is 0.385 e. The van der Waals surface area contributed by atoms with Crippen LogP contribution in [0.5, 0.6) is 0 Å². The topological polar surface area (TPSA) is 41.3 Å². The number of rotatable bonds is 4. The number of nitrogens with zero attached hydrogens (tertiary/aromatic N) is 3. The summed E-state index contributed by atoms with van der Waals surface area (Å²) in [5.74, 6) is 3.00. The van der Waals surface area contributed by atoms with E-state index in [9.17, 15) is 5.11 Å². The summed E-state index contributed by atoms with van der Waals surface area (Å²) in [6.45, 7) is 5.95. The van der Waals surface area contributed by atoms with Crippen molar-refractivity contribution in [3.63, 3.8) is 0 Å². The molecule has 0 radical (unpaired) electrons. The zero-order valence-electron chi connectivity index (χ0n) is 14.1. The number of likely N-dealkylation sites (tertiary alicyclic amines) is 1. The molecule has 1 aromatic heterocycles. The summed E-state index contributed by atoms with van der Waals surface area (Å²) < 4.78 is 1.94. The van der Waals surface area contributed by atoms with Crippen LogP contribution in [0.25, 0.3) is 0 Å². The molecule has 0 spiro atoms. The number of imidazole rings is 1. The van der Waals surface area contributed by atoms with Crippen molar-refractivity contribution in [3.8, 4) is 0 Å². The van der Waals surface area contributed by atoms with Gasteiger partial charge in [-0.05, 0) is 56.5 Å². The number of aliphatic hydroxyl groups is 1. The maximum atomic E-state index is 10.6. The normalized spacial score (nSPS) is 29.6. The number of aryl methyl sites for hydroxylation is 1. The van der Waals surface area contributed by atoms with E-state index >= 15 is 0 Å². The third-order valence-electron chi connectivity index (χ3n) is 5.76. The first-order chi connectivity index (χ1) is 10.6. The van der Waals surface area contributed by atoms with Gasteiger partial charge >= 0.3 is 0 Å². The molecule has 0 amide bonds. The molecule has 124 valence electrons.